The van der Waals surface area contributed by atoms with E-state index in [0.29, 0.717) is 6.07 Å². The summed E-state index contributed by atoms with van der Waals surface area (Å²) in [4.78, 5) is 47.6. The Morgan fingerprint density at radius 3 is 1.96 bits per heavy atom. The number of rotatable bonds is 7. The highest BCUT2D eigenvalue weighted by Crippen LogP contribution is 2.32. The highest BCUT2D eigenvalue weighted by Gasteiger charge is 2.43. The van der Waals surface area contributed by atoms with Crippen molar-refractivity contribution >= 4 is 23.8 Å². The summed E-state index contributed by atoms with van der Waals surface area (Å²) in [6, 6.07) is 1.91. The van der Waals surface area contributed by atoms with Crippen LogP contribution in [-0.2, 0) is 30.0 Å². The van der Waals surface area contributed by atoms with E-state index in [1.807, 2.05) is 5.32 Å². The van der Waals surface area contributed by atoms with Crippen LogP contribution in [0.4, 0.5) is 13.2 Å². The number of amides is 1. The van der Waals surface area contributed by atoms with E-state index in [9.17, 15) is 37.5 Å². The Hall–Kier alpha value is -3.11. The Balaban J connectivity index is 3.24. The third kappa shape index (κ3) is 5.21. The summed E-state index contributed by atoms with van der Waals surface area (Å²) < 4.78 is 48.1. The van der Waals surface area contributed by atoms with Crippen molar-refractivity contribution in [2.24, 2.45) is 11.8 Å². The van der Waals surface area contributed by atoms with Crippen LogP contribution in [0.5, 0.6) is 0 Å². The first-order chi connectivity index (χ1) is 12.9. The lowest BCUT2D eigenvalue weighted by atomic mass is 9.87. The average molecular weight is 405 g/mol. The maximum absolute atomic E-state index is 13.1. The van der Waals surface area contributed by atoms with Gasteiger partial charge >= 0.3 is 24.1 Å². The Morgan fingerprint density at radius 2 is 1.54 bits per heavy atom. The van der Waals surface area contributed by atoms with Gasteiger partial charge in [0.2, 0.25) is 0 Å². The summed E-state index contributed by atoms with van der Waals surface area (Å²) in [5.74, 6) is -8.33. The molecule has 8 nitrogen and oxygen atoms in total. The lowest BCUT2D eigenvalue weighted by Crippen LogP contribution is -2.50. The molecular weight excluding hydrogens is 387 g/mol. The van der Waals surface area contributed by atoms with Crippen LogP contribution in [0.2, 0.25) is 0 Å². The van der Waals surface area contributed by atoms with Crippen LogP contribution in [-0.4, -0.2) is 49.2 Å². The lowest BCUT2D eigenvalue weighted by Gasteiger charge is -2.26. The lowest BCUT2D eigenvalue weighted by molar-refractivity contribution is -0.162. The van der Waals surface area contributed by atoms with Crippen molar-refractivity contribution in [3.05, 3.63) is 35.4 Å². The number of benzene rings is 1. The van der Waals surface area contributed by atoms with Crippen molar-refractivity contribution in [3.63, 3.8) is 0 Å². The van der Waals surface area contributed by atoms with E-state index in [1.54, 1.807) is 0 Å². The summed E-state index contributed by atoms with van der Waals surface area (Å²) >= 11 is 0. The van der Waals surface area contributed by atoms with Crippen molar-refractivity contribution in [2.75, 3.05) is 14.2 Å². The molecule has 0 saturated carbocycles. The monoisotopic (exact) mass is 405 g/mol. The number of methoxy groups -OCH3 is 2. The quantitative estimate of drug-likeness (QED) is 0.521. The van der Waals surface area contributed by atoms with Gasteiger partial charge in [-0.15, -0.1) is 0 Å². The van der Waals surface area contributed by atoms with Crippen molar-refractivity contribution in [2.45, 2.75) is 19.1 Å². The fourth-order valence-electron chi connectivity index (χ4n) is 2.54. The molecule has 1 rings (SSSR count). The number of hydrogen-bond donors (Lipinski definition) is 2. The van der Waals surface area contributed by atoms with Gasteiger partial charge in [-0.05, 0) is 12.1 Å². The minimum Gasteiger partial charge on any atom is -0.480 e. The average Bonchev–Trinajstić information content (AvgIpc) is 2.64. The number of carboxylic acid groups (broad SMARTS) is 1. The van der Waals surface area contributed by atoms with E-state index in [-0.39, 0.29) is 0 Å². The molecule has 1 aromatic carbocycles. The summed E-state index contributed by atoms with van der Waals surface area (Å²) in [6.45, 7) is 1.15. The highest BCUT2D eigenvalue weighted by atomic mass is 19.4. The molecule has 0 radical (unpaired) electrons. The van der Waals surface area contributed by atoms with E-state index < -0.39 is 59.0 Å². The number of halogens is 3. The molecule has 1 amide bonds. The van der Waals surface area contributed by atoms with Gasteiger partial charge in [-0.3, -0.25) is 14.4 Å². The number of esters is 2. The molecule has 0 aliphatic carbocycles. The van der Waals surface area contributed by atoms with Crippen LogP contribution in [0, 0.1) is 11.8 Å². The molecule has 2 atom stereocenters. The topological polar surface area (TPSA) is 119 Å². The molecule has 0 aliphatic rings. The summed E-state index contributed by atoms with van der Waals surface area (Å²) in [5, 5.41) is 11.3. The first kappa shape index (κ1) is 22.9. The van der Waals surface area contributed by atoms with Gasteiger partial charge in [-0.2, -0.15) is 13.2 Å². The zero-order valence-corrected chi connectivity index (χ0v) is 15.1. The van der Waals surface area contributed by atoms with Crippen molar-refractivity contribution in [1.82, 2.24) is 5.32 Å². The predicted octanol–water partition coefficient (Wildman–Crippen LogP) is 1.49. The summed E-state index contributed by atoms with van der Waals surface area (Å²) in [6.07, 6.45) is -4.85. The van der Waals surface area contributed by atoms with Gasteiger partial charge in [0, 0.05) is 5.92 Å². The van der Waals surface area contributed by atoms with Gasteiger partial charge in [0.25, 0.3) is 5.91 Å². The van der Waals surface area contributed by atoms with Gasteiger partial charge in [0.1, 0.15) is 6.04 Å². The van der Waals surface area contributed by atoms with Gasteiger partial charge in [0.05, 0.1) is 25.3 Å². The Kier molecular flexibility index (Phi) is 7.53. The zero-order chi connectivity index (χ0) is 21.6. The number of ether oxygens (including phenoxy) is 2. The van der Waals surface area contributed by atoms with E-state index >= 15 is 0 Å². The van der Waals surface area contributed by atoms with Crippen molar-refractivity contribution in [1.29, 1.82) is 0 Å². The van der Waals surface area contributed by atoms with E-state index in [1.165, 1.54) is 6.07 Å². The molecule has 0 saturated heterocycles. The van der Waals surface area contributed by atoms with Gasteiger partial charge in [-0.1, -0.05) is 19.1 Å². The SMILES string of the molecule is COC(=O)C(C(=O)OC)[C@@H](C)[C@@H](NC(=O)c1ccccc1C(F)(F)F)C(=O)O. The molecule has 0 aliphatic heterocycles. The second kappa shape index (κ2) is 9.20. The molecule has 11 heteroatoms. The molecule has 0 unspecified atom stereocenters. The maximum Gasteiger partial charge on any atom is 0.417 e. The molecule has 0 spiro atoms. The van der Waals surface area contributed by atoms with Crippen LogP contribution in [0.1, 0.15) is 22.8 Å². The van der Waals surface area contributed by atoms with E-state index in [2.05, 4.69) is 9.47 Å². The van der Waals surface area contributed by atoms with Crippen LogP contribution in [0.3, 0.4) is 0 Å². The van der Waals surface area contributed by atoms with Crippen LogP contribution in [0.15, 0.2) is 24.3 Å². The molecule has 2 N–H and O–H groups in total. The molecule has 0 bridgehead atoms. The zero-order valence-electron chi connectivity index (χ0n) is 15.1. The van der Waals surface area contributed by atoms with Crippen LogP contribution < -0.4 is 5.32 Å². The fourth-order valence-corrected chi connectivity index (χ4v) is 2.54. The number of carbonyl (C=O) groups excluding carboxylic acids is 3. The fraction of sp³-hybridized carbons (Fsp3) is 0.412. The van der Waals surface area contributed by atoms with Gasteiger partial charge in [0.15, 0.2) is 5.92 Å². The van der Waals surface area contributed by atoms with Gasteiger partial charge in [-0.25, -0.2) is 4.79 Å². The smallest absolute Gasteiger partial charge is 0.417 e. The highest BCUT2D eigenvalue weighted by molar-refractivity contribution is 5.99. The molecule has 1 aromatic rings. The molecule has 0 heterocycles. The van der Waals surface area contributed by atoms with Gasteiger partial charge < -0.3 is 19.9 Å². The normalized spacial score (nSPS) is 13.4. The second-order valence-corrected chi connectivity index (χ2v) is 5.72. The predicted molar refractivity (Wildman–Crippen MR) is 87.0 cm³/mol. The van der Waals surface area contributed by atoms with Crippen LogP contribution >= 0.6 is 0 Å². The largest absolute Gasteiger partial charge is 0.480 e. The first-order valence-electron chi connectivity index (χ1n) is 7.81. The Labute approximate surface area is 157 Å². The minimum absolute atomic E-state index is 0.666. The molecule has 154 valence electrons. The van der Waals surface area contributed by atoms with Crippen molar-refractivity contribution in [3.8, 4) is 0 Å². The maximum atomic E-state index is 13.1. The number of nitrogens with one attached hydrogen (secondary N) is 1. The molecule has 0 fully saturated rings. The third-order valence-corrected chi connectivity index (χ3v) is 3.99. The molecule has 28 heavy (non-hydrogen) atoms. The number of aliphatic carboxylic acids is 1. The number of hydrogen-bond acceptors (Lipinski definition) is 6. The van der Waals surface area contributed by atoms with Crippen LogP contribution in [0.25, 0.3) is 0 Å². The Bertz CT molecular complexity index is 747. The van der Waals surface area contributed by atoms with E-state index in [0.717, 1.165) is 33.3 Å². The third-order valence-electron chi connectivity index (χ3n) is 3.99. The molecular formula is C17H18F3NO7. The van der Waals surface area contributed by atoms with E-state index in [4.69, 9.17) is 0 Å². The first-order valence-corrected chi connectivity index (χ1v) is 7.81. The molecule has 0 aromatic heterocycles. The number of carbonyl (C=O) groups is 4. The number of alkyl halides is 3. The van der Waals surface area contributed by atoms with Crippen molar-refractivity contribution < 1.29 is 46.9 Å². The summed E-state index contributed by atoms with van der Waals surface area (Å²) in [7, 11) is 1.91. The number of carboxylic acids is 1. The second-order valence-electron chi connectivity index (χ2n) is 5.72. The standard InChI is InChI=1S/C17H18F3NO7/c1-8(11(15(25)27-2)16(26)28-3)12(14(23)24)21-13(22)9-6-4-5-7-10(9)17(18,19)20/h4-8,11-12H,1-3H3,(H,21,22)(H,23,24)/t8-,12-/m1/s1. The summed E-state index contributed by atoms with van der Waals surface area (Å²) in [5.41, 5.74) is -2.07. The Morgan fingerprint density at radius 1 is 1.04 bits per heavy atom. The minimum atomic E-state index is -4.85.